The predicted octanol–water partition coefficient (Wildman–Crippen LogP) is 1.58. The molecule has 4 heterocycles. The predicted molar refractivity (Wildman–Crippen MR) is 113 cm³/mol. The van der Waals surface area contributed by atoms with E-state index in [1.165, 1.54) is 30.7 Å². The maximum atomic E-state index is 11.4. The molecule has 2 bridgehead atoms. The Morgan fingerprint density at radius 3 is 2.23 bits per heavy atom. The van der Waals surface area contributed by atoms with E-state index in [1.807, 2.05) is 0 Å². The Kier molecular flexibility index (Phi) is 5.74. The third-order valence-corrected chi connectivity index (χ3v) is 7.68. The Morgan fingerprint density at radius 1 is 1.19 bits per heavy atom. The molecule has 0 unspecified atom stereocenters. The number of thiocarbonyl (C=S) groups is 1. The lowest BCUT2D eigenvalue weighted by Gasteiger charge is -2.55. The van der Waals surface area contributed by atoms with E-state index in [0.717, 1.165) is 47.9 Å². The summed E-state index contributed by atoms with van der Waals surface area (Å²) in [4.78, 5) is 13.7. The number of rotatable bonds is 4. The van der Waals surface area contributed by atoms with Gasteiger partial charge in [-0.1, -0.05) is 50.8 Å². The largest absolute Gasteiger partial charge is 0.365 e. The molecular formula is C19H34N4OS2+2. The van der Waals surface area contributed by atoms with Gasteiger partial charge in [-0.05, 0) is 12.0 Å². The van der Waals surface area contributed by atoms with Gasteiger partial charge >= 0.3 is 0 Å². The van der Waals surface area contributed by atoms with Crippen molar-refractivity contribution in [3.05, 3.63) is 11.6 Å². The molecule has 146 valence electrons. The van der Waals surface area contributed by atoms with Gasteiger partial charge in [0.25, 0.3) is 5.91 Å². The molecule has 7 heteroatoms. The fourth-order valence-electron chi connectivity index (χ4n) is 4.53. The number of carbonyl (C=O) groups excluding carboxylic acids is 1. The molecule has 4 rings (SSSR count). The van der Waals surface area contributed by atoms with E-state index in [9.17, 15) is 4.79 Å². The van der Waals surface area contributed by atoms with Crippen molar-refractivity contribution < 1.29 is 13.8 Å². The van der Waals surface area contributed by atoms with Gasteiger partial charge < -0.3 is 19.6 Å². The zero-order valence-electron chi connectivity index (χ0n) is 16.5. The smallest absolute Gasteiger partial charge is 0.272 e. The minimum absolute atomic E-state index is 0.147. The zero-order chi connectivity index (χ0) is 19.0. The minimum Gasteiger partial charge on any atom is -0.365 e. The molecule has 0 aliphatic carbocycles. The maximum absolute atomic E-state index is 11.4. The third kappa shape index (κ3) is 4.80. The number of nitrogens with zero attached hydrogens (tertiary/aromatic N) is 3. The van der Waals surface area contributed by atoms with Crippen LogP contribution in [0.1, 0.15) is 27.2 Å². The summed E-state index contributed by atoms with van der Waals surface area (Å²) in [6.45, 7) is 17.3. The quantitative estimate of drug-likeness (QED) is 0.444. The Bertz CT molecular complexity index is 587. The normalized spacial score (nSPS) is 31.7. The lowest BCUT2D eigenvalue weighted by Crippen LogP contribution is -2.76. The van der Waals surface area contributed by atoms with Crippen molar-refractivity contribution in [2.75, 3.05) is 65.4 Å². The number of fused-ring (bicyclic) bond motifs is 3. The van der Waals surface area contributed by atoms with Crippen LogP contribution in [0.3, 0.4) is 0 Å². The van der Waals surface area contributed by atoms with Crippen LogP contribution in [0.25, 0.3) is 0 Å². The summed E-state index contributed by atoms with van der Waals surface area (Å²) in [5.41, 5.74) is 7.07. The summed E-state index contributed by atoms with van der Waals surface area (Å²) in [5.74, 6) is -0.147. The summed E-state index contributed by atoms with van der Waals surface area (Å²) >= 11 is 7.43. The second kappa shape index (κ2) is 7.41. The number of piperazine rings is 3. The van der Waals surface area contributed by atoms with Crippen molar-refractivity contribution in [3.8, 4) is 0 Å². The fraction of sp³-hybridized carbons (Fsp3) is 0.789. The number of primary amides is 1. The molecule has 4 aliphatic heterocycles. The van der Waals surface area contributed by atoms with E-state index >= 15 is 0 Å². The van der Waals surface area contributed by atoms with Gasteiger partial charge in [-0.2, -0.15) is 0 Å². The van der Waals surface area contributed by atoms with Crippen LogP contribution < -0.4 is 5.73 Å². The number of hydrogen-bond donors (Lipinski definition) is 1. The van der Waals surface area contributed by atoms with Crippen LogP contribution >= 0.6 is 24.0 Å². The topological polar surface area (TPSA) is 46.3 Å². The van der Waals surface area contributed by atoms with Crippen molar-refractivity contribution in [2.24, 2.45) is 5.73 Å². The van der Waals surface area contributed by atoms with E-state index in [4.69, 9.17) is 18.0 Å². The number of amides is 1. The number of quaternary nitrogens is 2. The highest BCUT2D eigenvalue weighted by Gasteiger charge is 2.49. The van der Waals surface area contributed by atoms with E-state index in [0.29, 0.717) is 6.54 Å². The molecule has 0 aromatic carbocycles. The first-order chi connectivity index (χ1) is 12.1. The van der Waals surface area contributed by atoms with E-state index in [-0.39, 0.29) is 10.7 Å². The lowest BCUT2D eigenvalue weighted by molar-refractivity contribution is -1.08. The van der Waals surface area contributed by atoms with Crippen LogP contribution in [-0.2, 0) is 4.79 Å². The molecule has 26 heavy (non-hydrogen) atoms. The van der Waals surface area contributed by atoms with Crippen molar-refractivity contribution in [1.29, 1.82) is 0 Å². The molecule has 0 saturated carbocycles. The fourth-order valence-corrected chi connectivity index (χ4v) is 6.26. The molecular weight excluding hydrogens is 364 g/mol. The Labute approximate surface area is 167 Å². The summed E-state index contributed by atoms with van der Waals surface area (Å²) in [6.07, 6.45) is 3.55. The number of nitrogens with two attached hydrogens (primary N) is 1. The minimum atomic E-state index is -0.147. The second-order valence-corrected chi connectivity index (χ2v) is 11.8. The van der Waals surface area contributed by atoms with Gasteiger partial charge in [0.1, 0.15) is 50.1 Å². The third-order valence-electron chi connectivity index (χ3n) is 6.13. The van der Waals surface area contributed by atoms with Crippen LogP contribution in [0.2, 0.25) is 0 Å². The highest BCUT2D eigenvalue weighted by Crippen LogP contribution is 2.30. The molecule has 0 radical (unpaired) electrons. The first-order valence-electron chi connectivity index (χ1n) is 9.75. The molecule has 2 N–H and O–H groups in total. The first-order valence-corrected chi connectivity index (χ1v) is 11.0. The number of carbonyl (C=O) groups is 1. The summed E-state index contributed by atoms with van der Waals surface area (Å²) < 4.78 is 3.35. The Balaban J connectivity index is 1.54. The standard InChI is InChI=1S/C19H33N4OS2/c1-19(2,3)26-18(25)21-6-4-16(5-7-21)14-22-8-11-23(12-9-22,13-10-22)15-17(20)24/h4H,5-15H2,1-3H3,(H-,20,24)/q+1/p+1. The van der Waals surface area contributed by atoms with E-state index in [1.54, 1.807) is 17.3 Å². The molecule has 0 aromatic rings. The zero-order valence-corrected chi connectivity index (χ0v) is 18.1. The molecule has 1 amide bonds. The highest BCUT2D eigenvalue weighted by atomic mass is 32.2. The van der Waals surface area contributed by atoms with Gasteiger partial charge in [0.15, 0.2) is 6.54 Å². The van der Waals surface area contributed by atoms with Crippen molar-refractivity contribution >= 4 is 34.2 Å². The maximum Gasteiger partial charge on any atom is 0.272 e. The van der Waals surface area contributed by atoms with Crippen LogP contribution in [-0.4, -0.2) is 94.3 Å². The number of thioether (sulfide) groups is 1. The van der Waals surface area contributed by atoms with E-state index < -0.39 is 0 Å². The SMILES string of the molecule is CC(C)(C)SC(=S)N1CC=C(C[N+]23CC[N+](CC(N)=O)(CC2)CC3)CC1. The van der Waals surface area contributed by atoms with Crippen LogP contribution in [0.5, 0.6) is 0 Å². The van der Waals surface area contributed by atoms with Gasteiger partial charge in [0.05, 0.1) is 0 Å². The monoisotopic (exact) mass is 398 g/mol. The van der Waals surface area contributed by atoms with Gasteiger partial charge in [0, 0.05) is 17.8 Å². The average Bonchev–Trinajstić information content (AvgIpc) is 2.55. The Morgan fingerprint density at radius 2 is 1.77 bits per heavy atom. The molecule has 0 aromatic heterocycles. The summed E-state index contributed by atoms with van der Waals surface area (Å²) in [6, 6.07) is 0. The van der Waals surface area contributed by atoms with Gasteiger partial charge in [-0.15, -0.1) is 0 Å². The van der Waals surface area contributed by atoms with Gasteiger partial charge in [-0.25, -0.2) is 0 Å². The average molecular weight is 399 g/mol. The van der Waals surface area contributed by atoms with Crippen molar-refractivity contribution in [1.82, 2.24) is 4.90 Å². The second-order valence-electron chi connectivity index (χ2n) is 9.35. The molecule has 3 saturated heterocycles. The first kappa shape index (κ1) is 20.1. The number of hydrogen-bond acceptors (Lipinski definition) is 3. The molecule has 0 spiro atoms. The summed E-state index contributed by atoms with van der Waals surface area (Å²) in [7, 11) is 0. The van der Waals surface area contributed by atoms with Crippen LogP contribution in [0.4, 0.5) is 0 Å². The summed E-state index contributed by atoms with van der Waals surface area (Å²) in [5, 5.41) is 0. The van der Waals surface area contributed by atoms with Gasteiger partial charge in [0.2, 0.25) is 0 Å². The molecule has 3 fully saturated rings. The van der Waals surface area contributed by atoms with Crippen molar-refractivity contribution in [2.45, 2.75) is 31.9 Å². The Hall–Kier alpha value is -0.630. The molecule has 0 atom stereocenters. The van der Waals surface area contributed by atoms with Crippen LogP contribution in [0.15, 0.2) is 11.6 Å². The van der Waals surface area contributed by atoms with Crippen molar-refractivity contribution in [3.63, 3.8) is 0 Å². The lowest BCUT2D eigenvalue weighted by atomic mass is 10.0. The molecule has 5 nitrogen and oxygen atoms in total. The van der Waals surface area contributed by atoms with Crippen LogP contribution in [0, 0.1) is 0 Å². The van der Waals surface area contributed by atoms with E-state index in [2.05, 4.69) is 31.7 Å². The van der Waals surface area contributed by atoms with Gasteiger partial charge in [-0.3, -0.25) is 4.79 Å². The highest BCUT2D eigenvalue weighted by molar-refractivity contribution is 8.23. The molecule has 4 aliphatic rings.